The molecule has 2 aromatic heterocycles. The number of aryl methyl sites for hydroxylation is 2. The fraction of sp³-hybridized carbons (Fsp3) is 0.231. The van der Waals surface area contributed by atoms with Gasteiger partial charge in [0.15, 0.2) is 5.82 Å². The van der Waals surface area contributed by atoms with Crippen molar-refractivity contribution in [1.82, 2.24) is 15.0 Å². The van der Waals surface area contributed by atoms with Crippen molar-refractivity contribution >= 4 is 11.8 Å². The van der Waals surface area contributed by atoms with Crippen molar-refractivity contribution < 1.29 is 9.53 Å². The highest BCUT2D eigenvalue weighted by Crippen LogP contribution is 2.22. The van der Waals surface area contributed by atoms with Gasteiger partial charge in [-0.15, -0.1) is 0 Å². The van der Waals surface area contributed by atoms with E-state index in [4.69, 9.17) is 5.73 Å². The van der Waals surface area contributed by atoms with Gasteiger partial charge in [-0.05, 0) is 25.5 Å². The van der Waals surface area contributed by atoms with Crippen LogP contribution in [0.1, 0.15) is 21.6 Å². The first-order valence-corrected chi connectivity index (χ1v) is 5.68. The van der Waals surface area contributed by atoms with Gasteiger partial charge in [-0.25, -0.2) is 14.8 Å². The Morgan fingerprint density at radius 2 is 2.05 bits per heavy atom. The van der Waals surface area contributed by atoms with Crippen LogP contribution in [0.3, 0.4) is 0 Å². The van der Waals surface area contributed by atoms with Crippen LogP contribution in [0.25, 0.3) is 11.4 Å². The molecule has 0 unspecified atom stereocenters. The number of aromatic nitrogens is 3. The van der Waals surface area contributed by atoms with Crippen molar-refractivity contribution in [3.8, 4) is 11.4 Å². The van der Waals surface area contributed by atoms with Crippen LogP contribution in [-0.4, -0.2) is 28.0 Å². The number of hydrogen-bond donors (Lipinski definition) is 1. The van der Waals surface area contributed by atoms with Crippen LogP contribution < -0.4 is 5.73 Å². The molecule has 98 valence electrons. The molecule has 0 aliphatic heterocycles. The number of ether oxygens (including phenoxy) is 1. The Bertz CT molecular complexity index is 617. The van der Waals surface area contributed by atoms with Gasteiger partial charge in [0.25, 0.3) is 0 Å². The number of anilines is 1. The maximum atomic E-state index is 11.6. The summed E-state index contributed by atoms with van der Waals surface area (Å²) in [5.41, 5.74) is 8.27. The predicted octanol–water partition coefficient (Wildman–Crippen LogP) is 1.52. The van der Waals surface area contributed by atoms with Crippen molar-refractivity contribution in [1.29, 1.82) is 0 Å². The summed E-state index contributed by atoms with van der Waals surface area (Å²) in [5, 5.41) is 0. The zero-order valence-electron chi connectivity index (χ0n) is 11.0. The van der Waals surface area contributed by atoms with Crippen LogP contribution >= 0.6 is 0 Å². The molecule has 6 heteroatoms. The minimum atomic E-state index is -0.538. The standard InChI is InChI=1S/C13H14N4O2/c1-7-4-5-15-6-9(7)12-16-8(2)10(11(14)17-12)13(18)19-3/h4-6H,1-3H3,(H2,14,16,17). The largest absolute Gasteiger partial charge is 0.465 e. The second kappa shape index (κ2) is 5.01. The Kier molecular flexibility index (Phi) is 3.41. The highest BCUT2D eigenvalue weighted by Gasteiger charge is 2.18. The number of nitrogen functional groups attached to an aromatic ring is 1. The molecule has 0 aliphatic carbocycles. The smallest absolute Gasteiger partial charge is 0.343 e. The van der Waals surface area contributed by atoms with E-state index < -0.39 is 5.97 Å². The number of esters is 1. The van der Waals surface area contributed by atoms with Crippen molar-refractivity contribution in [3.63, 3.8) is 0 Å². The number of hydrogen-bond acceptors (Lipinski definition) is 6. The predicted molar refractivity (Wildman–Crippen MR) is 70.5 cm³/mol. The van der Waals surface area contributed by atoms with E-state index in [1.165, 1.54) is 7.11 Å². The Hall–Kier alpha value is -2.50. The van der Waals surface area contributed by atoms with Crippen molar-refractivity contribution in [2.75, 3.05) is 12.8 Å². The minimum absolute atomic E-state index is 0.109. The van der Waals surface area contributed by atoms with E-state index in [0.717, 1.165) is 11.1 Å². The fourth-order valence-corrected chi connectivity index (χ4v) is 1.77. The van der Waals surface area contributed by atoms with Gasteiger partial charge < -0.3 is 10.5 Å². The Labute approximate surface area is 110 Å². The van der Waals surface area contributed by atoms with Gasteiger partial charge in [0.1, 0.15) is 11.4 Å². The fourth-order valence-electron chi connectivity index (χ4n) is 1.77. The van der Waals surface area contributed by atoms with E-state index in [-0.39, 0.29) is 11.4 Å². The molecule has 0 spiro atoms. The number of nitrogens with zero attached hydrogens (tertiary/aromatic N) is 3. The molecule has 0 amide bonds. The Morgan fingerprint density at radius 3 is 2.63 bits per heavy atom. The molecule has 0 aliphatic rings. The van der Waals surface area contributed by atoms with Crippen LogP contribution in [0.15, 0.2) is 18.5 Å². The summed E-state index contributed by atoms with van der Waals surface area (Å²) in [6.07, 6.45) is 3.36. The quantitative estimate of drug-likeness (QED) is 0.821. The van der Waals surface area contributed by atoms with E-state index in [9.17, 15) is 4.79 Å². The highest BCUT2D eigenvalue weighted by atomic mass is 16.5. The molecule has 19 heavy (non-hydrogen) atoms. The number of carbonyl (C=O) groups is 1. The molecule has 0 atom stereocenters. The normalized spacial score (nSPS) is 10.3. The second-order valence-corrected chi connectivity index (χ2v) is 4.08. The molecule has 0 fully saturated rings. The first-order chi connectivity index (χ1) is 9.04. The SMILES string of the molecule is COC(=O)c1c(C)nc(-c2cnccc2C)nc1N. The third-order valence-electron chi connectivity index (χ3n) is 2.79. The van der Waals surface area contributed by atoms with Gasteiger partial charge in [-0.2, -0.15) is 0 Å². The lowest BCUT2D eigenvalue weighted by atomic mass is 10.1. The molecule has 0 saturated heterocycles. The van der Waals surface area contributed by atoms with Gasteiger partial charge >= 0.3 is 5.97 Å². The molecular formula is C13H14N4O2. The van der Waals surface area contributed by atoms with E-state index >= 15 is 0 Å². The van der Waals surface area contributed by atoms with Crippen molar-refractivity contribution in [3.05, 3.63) is 35.3 Å². The summed E-state index contributed by atoms with van der Waals surface area (Å²) in [4.78, 5) is 24.1. The zero-order chi connectivity index (χ0) is 14.0. The van der Waals surface area contributed by atoms with E-state index in [0.29, 0.717) is 11.5 Å². The molecule has 2 heterocycles. The molecule has 0 radical (unpaired) electrons. The van der Waals surface area contributed by atoms with Gasteiger partial charge in [0.2, 0.25) is 0 Å². The molecule has 2 N–H and O–H groups in total. The molecule has 0 aromatic carbocycles. The summed E-state index contributed by atoms with van der Waals surface area (Å²) < 4.78 is 4.66. The Balaban J connectivity index is 2.58. The average molecular weight is 258 g/mol. The van der Waals surface area contributed by atoms with Crippen LogP contribution in [-0.2, 0) is 4.74 Å². The first kappa shape index (κ1) is 12.9. The van der Waals surface area contributed by atoms with Crippen LogP contribution in [0.5, 0.6) is 0 Å². The minimum Gasteiger partial charge on any atom is -0.465 e. The average Bonchev–Trinajstić information content (AvgIpc) is 2.38. The lowest BCUT2D eigenvalue weighted by Crippen LogP contribution is -2.12. The molecule has 0 saturated carbocycles. The monoisotopic (exact) mass is 258 g/mol. The lowest BCUT2D eigenvalue weighted by Gasteiger charge is -2.09. The number of pyridine rings is 1. The van der Waals surface area contributed by atoms with E-state index in [1.54, 1.807) is 19.3 Å². The van der Waals surface area contributed by atoms with Gasteiger partial charge in [-0.3, -0.25) is 4.98 Å². The lowest BCUT2D eigenvalue weighted by molar-refractivity contribution is 0.0600. The van der Waals surface area contributed by atoms with Crippen LogP contribution in [0.4, 0.5) is 5.82 Å². The van der Waals surface area contributed by atoms with Crippen molar-refractivity contribution in [2.45, 2.75) is 13.8 Å². The molecule has 6 nitrogen and oxygen atoms in total. The van der Waals surface area contributed by atoms with Gasteiger partial charge in [0.05, 0.1) is 12.8 Å². The van der Waals surface area contributed by atoms with E-state index in [1.807, 2.05) is 13.0 Å². The van der Waals surface area contributed by atoms with Crippen molar-refractivity contribution in [2.24, 2.45) is 0 Å². The zero-order valence-corrected chi connectivity index (χ0v) is 11.0. The van der Waals surface area contributed by atoms with Crippen LogP contribution in [0, 0.1) is 13.8 Å². The first-order valence-electron chi connectivity index (χ1n) is 5.68. The second-order valence-electron chi connectivity index (χ2n) is 4.08. The summed E-state index contributed by atoms with van der Waals surface area (Å²) in [6, 6.07) is 1.86. The summed E-state index contributed by atoms with van der Waals surface area (Å²) >= 11 is 0. The number of nitrogens with two attached hydrogens (primary N) is 1. The van der Waals surface area contributed by atoms with E-state index in [2.05, 4.69) is 19.7 Å². The maximum absolute atomic E-state index is 11.6. The van der Waals surface area contributed by atoms with Crippen LogP contribution in [0.2, 0.25) is 0 Å². The summed E-state index contributed by atoms with van der Waals surface area (Å²) in [5.74, 6) is 0.0234. The molecular weight excluding hydrogens is 244 g/mol. The number of carbonyl (C=O) groups excluding carboxylic acids is 1. The number of methoxy groups -OCH3 is 1. The highest BCUT2D eigenvalue weighted by molar-refractivity contribution is 5.95. The summed E-state index contributed by atoms with van der Waals surface area (Å²) in [7, 11) is 1.29. The van der Waals surface area contributed by atoms with Gasteiger partial charge in [-0.1, -0.05) is 0 Å². The Morgan fingerprint density at radius 1 is 1.32 bits per heavy atom. The van der Waals surface area contributed by atoms with Gasteiger partial charge in [0, 0.05) is 18.0 Å². The molecule has 2 rings (SSSR count). The summed E-state index contributed by atoms with van der Waals surface area (Å²) in [6.45, 7) is 3.62. The topological polar surface area (TPSA) is 91.0 Å². The molecule has 2 aromatic rings. The third kappa shape index (κ3) is 2.37. The maximum Gasteiger partial charge on any atom is 0.343 e. The number of rotatable bonds is 2. The molecule has 0 bridgehead atoms. The third-order valence-corrected chi connectivity index (χ3v) is 2.79.